The van der Waals surface area contributed by atoms with E-state index in [9.17, 15) is 9.59 Å². The third kappa shape index (κ3) is 4.06. The van der Waals surface area contributed by atoms with Crippen molar-refractivity contribution in [1.82, 2.24) is 5.32 Å². The second-order valence-corrected chi connectivity index (χ2v) is 7.00. The summed E-state index contributed by atoms with van der Waals surface area (Å²) in [4.78, 5) is 26.0. The molecule has 6 nitrogen and oxygen atoms in total. The first-order valence-electron chi connectivity index (χ1n) is 9.14. The summed E-state index contributed by atoms with van der Waals surface area (Å²) in [6.45, 7) is 2.90. The van der Waals surface area contributed by atoms with Crippen LogP contribution in [0.3, 0.4) is 0 Å². The van der Waals surface area contributed by atoms with Crippen LogP contribution in [-0.2, 0) is 4.79 Å². The fourth-order valence-corrected chi connectivity index (χ4v) is 3.75. The Bertz CT molecular complexity index is 647. The lowest BCUT2D eigenvalue weighted by Crippen LogP contribution is -2.43. The summed E-state index contributed by atoms with van der Waals surface area (Å²) >= 11 is 0. The molecular weight excluding hydrogens is 318 g/mol. The van der Waals surface area contributed by atoms with Gasteiger partial charge in [0.15, 0.2) is 0 Å². The summed E-state index contributed by atoms with van der Waals surface area (Å²) < 4.78 is 5.43. The molecule has 0 aromatic heterocycles. The van der Waals surface area contributed by atoms with Crippen molar-refractivity contribution in [3.05, 3.63) is 18.2 Å². The fourth-order valence-electron chi connectivity index (χ4n) is 3.75. The monoisotopic (exact) mass is 345 g/mol. The van der Waals surface area contributed by atoms with E-state index >= 15 is 0 Å². The van der Waals surface area contributed by atoms with Crippen molar-refractivity contribution >= 4 is 23.3 Å². The molecule has 2 N–H and O–H groups in total. The van der Waals surface area contributed by atoms with E-state index in [0.29, 0.717) is 30.3 Å². The third-order valence-corrected chi connectivity index (χ3v) is 5.23. The van der Waals surface area contributed by atoms with Gasteiger partial charge in [0, 0.05) is 30.8 Å². The number of nitrogens with zero attached hydrogens (tertiary/aromatic N) is 1. The van der Waals surface area contributed by atoms with Crippen molar-refractivity contribution in [2.75, 3.05) is 23.9 Å². The molecule has 1 aliphatic heterocycles. The first-order valence-corrected chi connectivity index (χ1v) is 9.14. The Morgan fingerprint density at radius 3 is 2.72 bits per heavy atom. The summed E-state index contributed by atoms with van der Waals surface area (Å²) in [5, 5.41) is 5.96. The number of hydrogen-bond acceptors (Lipinski definition) is 3. The van der Waals surface area contributed by atoms with Crippen LogP contribution in [0.5, 0.6) is 5.75 Å². The molecule has 6 heteroatoms. The van der Waals surface area contributed by atoms with Gasteiger partial charge in [-0.1, -0.05) is 19.8 Å². The SMILES string of the molecule is COc1cc(NC(=O)NC2CCCCC2C)ccc1N1CCCC1=O. The molecule has 1 saturated heterocycles. The summed E-state index contributed by atoms with van der Waals surface area (Å²) in [6, 6.07) is 5.46. The van der Waals surface area contributed by atoms with Crippen molar-refractivity contribution in [3.63, 3.8) is 0 Å². The van der Waals surface area contributed by atoms with Gasteiger partial charge in [-0.3, -0.25) is 4.79 Å². The normalized spacial score (nSPS) is 23.4. The maximum Gasteiger partial charge on any atom is 0.319 e. The highest BCUT2D eigenvalue weighted by molar-refractivity contribution is 5.97. The molecule has 2 unspecified atom stereocenters. The Kier molecular flexibility index (Phi) is 5.46. The zero-order valence-corrected chi connectivity index (χ0v) is 15.0. The molecule has 3 amide bonds. The van der Waals surface area contributed by atoms with E-state index in [0.717, 1.165) is 24.9 Å². The van der Waals surface area contributed by atoms with Crippen LogP contribution in [0.25, 0.3) is 0 Å². The zero-order chi connectivity index (χ0) is 17.8. The zero-order valence-electron chi connectivity index (χ0n) is 15.0. The van der Waals surface area contributed by atoms with E-state index in [1.807, 2.05) is 12.1 Å². The first-order chi connectivity index (χ1) is 12.1. The number of hydrogen-bond donors (Lipinski definition) is 2. The summed E-state index contributed by atoms with van der Waals surface area (Å²) in [7, 11) is 1.58. The van der Waals surface area contributed by atoms with E-state index in [1.165, 1.54) is 12.8 Å². The van der Waals surface area contributed by atoms with Crippen molar-refractivity contribution in [1.29, 1.82) is 0 Å². The van der Waals surface area contributed by atoms with Gasteiger partial charge in [-0.05, 0) is 37.3 Å². The van der Waals surface area contributed by atoms with E-state index in [1.54, 1.807) is 18.1 Å². The van der Waals surface area contributed by atoms with Crippen LogP contribution < -0.4 is 20.3 Å². The van der Waals surface area contributed by atoms with Crippen LogP contribution >= 0.6 is 0 Å². The Labute approximate surface area is 148 Å². The fraction of sp³-hybridized carbons (Fsp3) is 0.579. The highest BCUT2D eigenvalue weighted by Gasteiger charge is 2.25. The standard InChI is InChI=1S/C19H27N3O3/c1-13-6-3-4-7-15(13)21-19(24)20-14-9-10-16(17(12-14)25-2)22-11-5-8-18(22)23/h9-10,12-13,15H,3-8,11H2,1-2H3,(H2,20,21,24). The molecule has 25 heavy (non-hydrogen) atoms. The molecule has 0 bridgehead atoms. The molecule has 1 heterocycles. The van der Waals surface area contributed by atoms with Crippen LogP contribution in [-0.4, -0.2) is 31.6 Å². The van der Waals surface area contributed by atoms with Gasteiger partial charge in [0.05, 0.1) is 12.8 Å². The minimum Gasteiger partial charge on any atom is -0.494 e. The summed E-state index contributed by atoms with van der Waals surface area (Å²) in [5.74, 6) is 1.22. The average Bonchev–Trinajstić information content (AvgIpc) is 3.02. The smallest absolute Gasteiger partial charge is 0.319 e. The Morgan fingerprint density at radius 2 is 2.04 bits per heavy atom. The number of nitrogens with one attached hydrogen (secondary N) is 2. The largest absolute Gasteiger partial charge is 0.494 e. The van der Waals surface area contributed by atoms with E-state index in [4.69, 9.17) is 4.74 Å². The highest BCUT2D eigenvalue weighted by Crippen LogP contribution is 2.34. The predicted molar refractivity (Wildman–Crippen MR) is 98.2 cm³/mol. The lowest BCUT2D eigenvalue weighted by molar-refractivity contribution is -0.117. The molecule has 0 spiro atoms. The quantitative estimate of drug-likeness (QED) is 0.877. The number of amides is 3. The van der Waals surface area contributed by atoms with Gasteiger partial charge in [0.1, 0.15) is 5.75 Å². The molecule has 2 aliphatic rings. The molecule has 2 fully saturated rings. The molecule has 0 radical (unpaired) electrons. The molecular formula is C19H27N3O3. The second kappa shape index (κ2) is 7.76. The van der Waals surface area contributed by atoms with Crippen LogP contribution in [0.4, 0.5) is 16.2 Å². The second-order valence-electron chi connectivity index (χ2n) is 7.00. The first kappa shape index (κ1) is 17.6. The van der Waals surface area contributed by atoms with Crippen molar-refractivity contribution in [2.45, 2.75) is 51.5 Å². The number of carbonyl (C=O) groups excluding carboxylic acids is 2. The van der Waals surface area contributed by atoms with Crippen molar-refractivity contribution < 1.29 is 14.3 Å². The third-order valence-electron chi connectivity index (χ3n) is 5.23. The van der Waals surface area contributed by atoms with Crippen LogP contribution in [0.1, 0.15) is 45.4 Å². The molecule has 3 rings (SSSR count). The Hall–Kier alpha value is -2.24. The van der Waals surface area contributed by atoms with E-state index in [2.05, 4.69) is 17.6 Å². The molecule has 1 saturated carbocycles. The van der Waals surface area contributed by atoms with E-state index < -0.39 is 0 Å². The molecule has 136 valence electrons. The van der Waals surface area contributed by atoms with Crippen LogP contribution in [0.15, 0.2) is 18.2 Å². The molecule has 1 aromatic rings. The van der Waals surface area contributed by atoms with Crippen molar-refractivity contribution in [2.24, 2.45) is 5.92 Å². The minimum atomic E-state index is -0.189. The number of benzene rings is 1. The maximum atomic E-state index is 12.3. The highest BCUT2D eigenvalue weighted by atomic mass is 16.5. The number of rotatable bonds is 4. The molecule has 2 atom stereocenters. The van der Waals surface area contributed by atoms with Gasteiger partial charge in [-0.15, -0.1) is 0 Å². The van der Waals surface area contributed by atoms with Crippen LogP contribution in [0, 0.1) is 5.92 Å². The van der Waals surface area contributed by atoms with Gasteiger partial charge < -0.3 is 20.3 Å². The van der Waals surface area contributed by atoms with Gasteiger partial charge in [-0.2, -0.15) is 0 Å². The number of ether oxygens (including phenoxy) is 1. The van der Waals surface area contributed by atoms with E-state index in [-0.39, 0.29) is 18.0 Å². The Balaban J connectivity index is 1.66. The van der Waals surface area contributed by atoms with Gasteiger partial charge in [0.25, 0.3) is 0 Å². The lowest BCUT2D eigenvalue weighted by Gasteiger charge is -2.29. The Morgan fingerprint density at radius 1 is 1.24 bits per heavy atom. The number of carbonyl (C=O) groups is 2. The number of anilines is 2. The van der Waals surface area contributed by atoms with Gasteiger partial charge in [0.2, 0.25) is 5.91 Å². The summed E-state index contributed by atoms with van der Waals surface area (Å²) in [5.41, 5.74) is 1.42. The number of urea groups is 1. The van der Waals surface area contributed by atoms with Gasteiger partial charge in [-0.25, -0.2) is 4.79 Å². The molecule has 1 aliphatic carbocycles. The lowest BCUT2D eigenvalue weighted by atomic mass is 9.86. The van der Waals surface area contributed by atoms with Crippen molar-refractivity contribution in [3.8, 4) is 5.75 Å². The van der Waals surface area contributed by atoms with Crippen LogP contribution in [0.2, 0.25) is 0 Å². The predicted octanol–water partition coefficient (Wildman–Crippen LogP) is 3.52. The topological polar surface area (TPSA) is 70.7 Å². The maximum absolute atomic E-state index is 12.3. The average molecular weight is 345 g/mol. The minimum absolute atomic E-state index is 0.114. The number of methoxy groups -OCH3 is 1. The van der Waals surface area contributed by atoms with Gasteiger partial charge >= 0.3 is 6.03 Å². The molecule has 1 aromatic carbocycles. The summed E-state index contributed by atoms with van der Waals surface area (Å²) in [6.07, 6.45) is 6.05.